The maximum Gasteiger partial charge on any atom is 0.252 e. The summed E-state index contributed by atoms with van der Waals surface area (Å²) in [5, 5.41) is 9.71. The number of rotatable bonds is 4. The van der Waals surface area contributed by atoms with Crippen molar-refractivity contribution in [3.8, 4) is 0 Å². The number of amides is 2. The van der Waals surface area contributed by atoms with Crippen molar-refractivity contribution in [2.75, 3.05) is 10.6 Å². The first kappa shape index (κ1) is 14.2. The van der Waals surface area contributed by atoms with Crippen LogP contribution in [-0.4, -0.2) is 26.6 Å². The molecule has 1 atom stereocenters. The van der Waals surface area contributed by atoms with Gasteiger partial charge in [0.1, 0.15) is 6.04 Å². The molecule has 0 radical (unpaired) electrons. The maximum atomic E-state index is 12.2. The molecule has 22 heavy (non-hydrogen) atoms. The lowest BCUT2D eigenvalue weighted by atomic mass is 10.2. The summed E-state index contributed by atoms with van der Waals surface area (Å²) < 4.78 is 1.50. The number of anilines is 2. The van der Waals surface area contributed by atoms with Crippen molar-refractivity contribution in [1.29, 1.82) is 0 Å². The quantitative estimate of drug-likeness (QED) is 0.898. The molecule has 0 bridgehead atoms. The van der Waals surface area contributed by atoms with Gasteiger partial charge in [0.25, 0.3) is 5.91 Å². The summed E-state index contributed by atoms with van der Waals surface area (Å²) in [6.07, 6.45) is 0.706. The Morgan fingerprint density at radius 1 is 1.45 bits per heavy atom. The van der Waals surface area contributed by atoms with Crippen LogP contribution in [0.25, 0.3) is 0 Å². The third-order valence-corrected chi connectivity index (χ3v) is 3.50. The molecule has 0 spiro atoms. The van der Waals surface area contributed by atoms with Crippen LogP contribution < -0.4 is 10.6 Å². The third-order valence-electron chi connectivity index (χ3n) is 3.50. The van der Waals surface area contributed by atoms with E-state index in [4.69, 9.17) is 0 Å². The lowest BCUT2D eigenvalue weighted by molar-refractivity contribution is -0.123. The zero-order chi connectivity index (χ0) is 15.7. The largest absolute Gasteiger partial charge is 0.326 e. The van der Waals surface area contributed by atoms with Crippen LogP contribution in [0.5, 0.6) is 0 Å². The van der Waals surface area contributed by atoms with Gasteiger partial charge in [0, 0.05) is 12.1 Å². The average Bonchev–Trinajstić information content (AvgIpc) is 2.98. The molecule has 0 fully saturated rings. The first-order valence-corrected chi connectivity index (χ1v) is 7.19. The number of benzene rings is 1. The Morgan fingerprint density at radius 3 is 3.00 bits per heavy atom. The molecule has 114 valence electrons. The van der Waals surface area contributed by atoms with E-state index in [1.165, 1.54) is 4.68 Å². The summed E-state index contributed by atoms with van der Waals surface area (Å²) in [4.78, 5) is 28.3. The minimum Gasteiger partial charge on any atom is -0.326 e. The van der Waals surface area contributed by atoms with Gasteiger partial charge in [-0.05, 0) is 24.6 Å². The van der Waals surface area contributed by atoms with Crippen LogP contribution in [0.4, 0.5) is 11.6 Å². The van der Waals surface area contributed by atoms with Crippen molar-refractivity contribution >= 4 is 23.5 Å². The zero-order valence-corrected chi connectivity index (χ0v) is 12.5. The topological polar surface area (TPSA) is 88.9 Å². The number of aromatic nitrogens is 3. The van der Waals surface area contributed by atoms with E-state index in [0.717, 1.165) is 11.3 Å². The molecule has 0 saturated carbocycles. The Kier molecular flexibility index (Phi) is 3.62. The van der Waals surface area contributed by atoms with Gasteiger partial charge < -0.3 is 5.32 Å². The predicted molar refractivity (Wildman–Crippen MR) is 81.5 cm³/mol. The van der Waals surface area contributed by atoms with Gasteiger partial charge in [0.2, 0.25) is 11.9 Å². The number of hydrogen-bond donors (Lipinski definition) is 2. The number of hydrogen-bond acceptors (Lipinski definition) is 4. The molecule has 3 rings (SSSR count). The Labute approximate surface area is 127 Å². The highest BCUT2D eigenvalue weighted by atomic mass is 16.2. The Balaban J connectivity index is 1.71. The number of carbonyl (C=O) groups excluding carboxylic acids is 2. The summed E-state index contributed by atoms with van der Waals surface area (Å²) in [6.45, 7) is 3.89. The second kappa shape index (κ2) is 5.59. The first-order valence-electron chi connectivity index (χ1n) is 7.19. The monoisotopic (exact) mass is 299 g/mol. The van der Waals surface area contributed by atoms with E-state index in [1.807, 2.05) is 38.1 Å². The molecular weight excluding hydrogens is 282 g/mol. The van der Waals surface area contributed by atoms with E-state index in [9.17, 15) is 9.59 Å². The fraction of sp³-hybridized carbons (Fsp3) is 0.333. The molecule has 2 N–H and O–H groups in total. The molecule has 7 nitrogen and oxygen atoms in total. The molecule has 1 aliphatic rings. The molecule has 7 heteroatoms. The summed E-state index contributed by atoms with van der Waals surface area (Å²) in [5.74, 6) is 0.582. The van der Waals surface area contributed by atoms with E-state index >= 15 is 0 Å². The molecule has 1 aliphatic heterocycles. The molecule has 0 aliphatic carbocycles. The molecular formula is C15H17N5O2. The molecule has 2 heterocycles. The first-order chi connectivity index (χ1) is 10.6. The maximum absolute atomic E-state index is 12.2. The van der Waals surface area contributed by atoms with Crippen LogP contribution in [0, 0.1) is 6.92 Å². The smallest absolute Gasteiger partial charge is 0.252 e. The number of nitrogens with one attached hydrogen (secondary N) is 2. The van der Waals surface area contributed by atoms with Crippen LogP contribution in [0.15, 0.2) is 24.3 Å². The van der Waals surface area contributed by atoms with Crippen LogP contribution in [-0.2, 0) is 16.0 Å². The van der Waals surface area contributed by atoms with E-state index in [-0.39, 0.29) is 18.2 Å². The van der Waals surface area contributed by atoms with Gasteiger partial charge in [-0.25, -0.2) is 4.68 Å². The number of carbonyl (C=O) groups is 2. The van der Waals surface area contributed by atoms with Crippen molar-refractivity contribution in [2.24, 2.45) is 0 Å². The molecule has 1 aromatic carbocycles. The second-order valence-corrected chi connectivity index (χ2v) is 5.28. The highest BCUT2D eigenvalue weighted by Gasteiger charge is 2.34. The van der Waals surface area contributed by atoms with Crippen LogP contribution in [0.3, 0.4) is 0 Å². The zero-order valence-electron chi connectivity index (χ0n) is 12.5. The van der Waals surface area contributed by atoms with E-state index < -0.39 is 6.04 Å². The van der Waals surface area contributed by atoms with Gasteiger partial charge in [0.05, 0.1) is 6.42 Å². The SMILES string of the molecule is CCc1nc2n(n1)[C@H](CC(=O)Nc1cccc(C)c1)C(=O)N2. The summed E-state index contributed by atoms with van der Waals surface area (Å²) in [6, 6.07) is 6.87. The summed E-state index contributed by atoms with van der Waals surface area (Å²) in [7, 11) is 0. The highest BCUT2D eigenvalue weighted by molar-refractivity contribution is 6.00. The normalized spacial score (nSPS) is 16.3. The summed E-state index contributed by atoms with van der Waals surface area (Å²) >= 11 is 0. The summed E-state index contributed by atoms with van der Waals surface area (Å²) in [5.41, 5.74) is 1.78. The van der Waals surface area contributed by atoms with Crippen LogP contribution >= 0.6 is 0 Å². The predicted octanol–water partition coefficient (Wildman–Crippen LogP) is 1.67. The van der Waals surface area contributed by atoms with E-state index in [0.29, 0.717) is 18.2 Å². The number of nitrogens with zero attached hydrogens (tertiary/aromatic N) is 3. The molecule has 0 saturated heterocycles. The molecule has 2 amide bonds. The van der Waals surface area contributed by atoms with Crippen molar-refractivity contribution in [2.45, 2.75) is 32.7 Å². The van der Waals surface area contributed by atoms with Crippen LogP contribution in [0.1, 0.15) is 30.8 Å². The Morgan fingerprint density at radius 2 is 2.27 bits per heavy atom. The third kappa shape index (κ3) is 2.69. The lowest BCUT2D eigenvalue weighted by Gasteiger charge is -2.10. The molecule has 0 unspecified atom stereocenters. The van der Waals surface area contributed by atoms with Crippen LogP contribution in [0.2, 0.25) is 0 Å². The van der Waals surface area contributed by atoms with Gasteiger partial charge in [-0.2, -0.15) is 10.1 Å². The van der Waals surface area contributed by atoms with Gasteiger partial charge >= 0.3 is 0 Å². The minimum absolute atomic E-state index is 0.0271. The van der Waals surface area contributed by atoms with Gasteiger partial charge in [-0.15, -0.1) is 0 Å². The molecule has 1 aromatic heterocycles. The number of fused-ring (bicyclic) bond motifs is 1. The lowest BCUT2D eigenvalue weighted by Crippen LogP contribution is -2.24. The highest BCUT2D eigenvalue weighted by Crippen LogP contribution is 2.25. The Bertz CT molecular complexity index is 737. The van der Waals surface area contributed by atoms with Gasteiger partial charge in [-0.1, -0.05) is 19.1 Å². The van der Waals surface area contributed by atoms with Crippen molar-refractivity contribution in [3.63, 3.8) is 0 Å². The van der Waals surface area contributed by atoms with Crippen molar-refractivity contribution in [1.82, 2.24) is 14.8 Å². The van der Waals surface area contributed by atoms with Crippen molar-refractivity contribution in [3.05, 3.63) is 35.7 Å². The standard InChI is InChI=1S/C15H17N5O2/c1-3-12-17-15-18-14(22)11(20(15)19-12)8-13(21)16-10-6-4-5-9(2)7-10/h4-7,11H,3,8H2,1-2H3,(H,16,21)(H,17,18,19,22)/t11-/m1/s1. The van der Waals surface area contributed by atoms with Crippen molar-refractivity contribution < 1.29 is 9.59 Å². The number of aryl methyl sites for hydroxylation is 2. The van der Waals surface area contributed by atoms with Gasteiger partial charge in [-0.3, -0.25) is 14.9 Å². The van der Waals surface area contributed by atoms with Gasteiger partial charge in [0.15, 0.2) is 5.82 Å². The Hall–Kier alpha value is -2.70. The fourth-order valence-electron chi connectivity index (χ4n) is 2.41. The fourth-order valence-corrected chi connectivity index (χ4v) is 2.41. The van der Waals surface area contributed by atoms with E-state index in [2.05, 4.69) is 20.7 Å². The minimum atomic E-state index is -0.646. The molecule has 2 aromatic rings. The average molecular weight is 299 g/mol. The van der Waals surface area contributed by atoms with E-state index in [1.54, 1.807) is 0 Å². The second-order valence-electron chi connectivity index (χ2n) is 5.28.